The Morgan fingerprint density at radius 2 is 1.56 bits per heavy atom. The van der Waals surface area contributed by atoms with Crippen LogP contribution in [0, 0.1) is 11.3 Å². The minimum absolute atomic E-state index is 0.370. The van der Waals surface area contributed by atoms with Gasteiger partial charge in [0.05, 0.1) is 16.3 Å². The maximum absolute atomic E-state index is 12.7. The molecule has 0 radical (unpaired) electrons. The second-order valence-corrected chi connectivity index (χ2v) is 10.8. The number of thioether (sulfide) groups is 1. The maximum Gasteiger partial charge on any atom is 0.116 e. The van der Waals surface area contributed by atoms with Crippen LogP contribution in [-0.2, 0) is 16.6 Å². The van der Waals surface area contributed by atoms with Gasteiger partial charge in [0.25, 0.3) is 0 Å². The van der Waals surface area contributed by atoms with E-state index in [2.05, 4.69) is 22.0 Å². The van der Waals surface area contributed by atoms with Crippen LogP contribution in [0.1, 0.15) is 11.1 Å². The first-order valence-corrected chi connectivity index (χ1v) is 13.2. The Kier molecular flexibility index (Phi) is 7.54. The average molecular weight is 519 g/mol. The highest BCUT2D eigenvalue weighted by Gasteiger charge is 2.17. The lowest BCUT2D eigenvalue weighted by Gasteiger charge is -2.13. The summed E-state index contributed by atoms with van der Waals surface area (Å²) < 4.78 is 13.7. The Bertz CT molecular complexity index is 1270. The van der Waals surface area contributed by atoms with Crippen molar-refractivity contribution in [2.45, 2.75) is 10.8 Å². The predicted molar refractivity (Wildman–Crippen MR) is 137 cm³/mol. The van der Waals surface area contributed by atoms with E-state index in [0.717, 1.165) is 32.4 Å². The minimum Gasteiger partial charge on any atom is -0.258 e. The predicted octanol–water partition coefficient (Wildman–Crippen LogP) is 7.05. The van der Waals surface area contributed by atoms with Gasteiger partial charge in [0.1, 0.15) is 11.1 Å². The number of pyridine rings is 1. The highest BCUT2D eigenvalue weighted by atomic mass is 79.9. The summed E-state index contributed by atoms with van der Waals surface area (Å²) in [6.07, 6.45) is 0. The summed E-state index contributed by atoms with van der Waals surface area (Å²) in [7, 11) is -1.08. The number of benzene rings is 3. The van der Waals surface area contributed by atoms with Crippen LogP contribution in [0.4, 0.5) is 0 Å². The van der Waals surface area contributed by atoms with Crippen LogP contribution in [0.2, 0.25) is 0 Å². The summed E-state index contributed by atoms with van der Waals surface area (Å²) in [4.78, 5) is 4.80. The van der Waals surface area contributed by atoms with Crippen LogP contribution >= 0.6 is 27.7 Å². The molecule has 0 aliphatic rings. The fraction of sp³-hybridized carbons (Fsp3) is 0.0769. The number of nitrogens with zero attached hydrogens (tertiary/aromatic N) is 2. The molecular weight excluding hydrogens is 500 g/mol. The molecule has 3 nitrogen and oxygen atoms in total. The van der Waals surface area contributed by atoms with Gasteiger partial charge in [-0.15, -0.1) is 0 Å². The zero-order valence-corrected chi connectivity index (χ0v) is 20.3. The van der Waals surface area contributed by atoms with Crippen LogP contribution < -0.4 is 0 Å². The lowest BCUT2D eigenvalue weighted by Crippen LogP contribution is -2.01. The standard InChI is InChI=1S/C26H19BrN2OS2/c27-22-13-11-21(12-14-22)25-15-23(20-9-5-2-6-10-20)24(16-28)26(29-25)31-18-32(30)17-19-7-3-1-4-8-19/h1-15H,17-18H2. The molecule has 0 aliphatic carbocycles. The molecule has 0 amide bonds. The van der Waals surface area contributed by atoms with Crippen LogP contribution in [-0.4, -0.2) is 14.3 Å². The lowest BCUT2D eigenvalue weighted by atomic mass is 9.99. The van der Waals surface area contributed by atoms with Crippen LogP contribution in [0.15, 0.2) is 100 Å². The van der Waals surface area contributed by atoms with Crippen molar-refractivity contribution in [2.75, 3.05) is 5.08 Å². The summed E-state index contributed by atoms with van der Waals surface area (Å²) in [5, 5.41) is 10.9. The van der Waals surface area contributed by atoms with E-state index < -0.39 is 10.8 Å². The monoisotopic (exact) mass is 518 g/mol. The van der Waals surface area contributed by atoms with Gasteiger partial charge in [-0.2, -0.15) is 5.26 Å². The quantitative estimate of drug-likeness (QED) is 0.246. The van der Waals surface area contributed by atoms with E-state index >= 15 is 0 Å². The fourth-order valence-electron chi connectivity index (χ4n) is 3.27. The summed E-state index contributed by atoms with van der Waals surface area (Å²) in [6, 6.07) is 31.9. The van der Waals surface area contributed by atoms with E-state index in [1.165, 1.54) is 11.8 Å². The SMILES string of the molecule is N#Cc1c(-c2ccccc2)cc(-c2ccc(Br)cc2)nc1SCS(=O)Cc1ccccc1. The number of nitriles is 1. The molecule has 0 N–H and O–H groups in total. The largest absolute Gasteiger partial charge is 0.258 e. The molecule has 6 heteroatoms. The highest BCUT2D eigenvalue weighted by molar-refractivity contribution is 9.10. The third-order valence-corrected chi connectivity index (χ3v) is 8.10. The molecule has 0 bridgehead atoms. The van der Waals surface area contributed by atoms with Crippen LogP contribution in [0.25, 0.3) is 22.4 Å². The van der Waals surface area contributed by atoms with Crippen LogP contribution in [0.5, 0.6) is 0 Å². The number of hydrogen-bond donors (Lipinski definition) is 0. The first kappa shape index (κ1) is 22.5. The van der Waals surface area contributed by atoms with E-state index in [9.17, 15) is 9.47 Å². The lowest BCUT2D eigenvalue weighted by molar-refractivity contribution is 0.685. The van der Waals surface area contributed by atoms with E-state index in [0.29, 0.717) is 21.4 Å². The number of halogens is 1. The topological polar surface area (TPSA) is 53.8 Å². The summed E-state index contributed by atoms with van der Waals surface area (Å²) in [5.74, 6) is 0.480. The molecule has 32 heavy (non-hydrogen) atoms. The van der Waals surface area contributed by atoms with Crippen molar-refractivity contribution in [1.82, 2.24) is 4.98 Å². The van der Waals surface area contributed by atoms with E-state index in [4.69, 9.17) is 4.98 Å². The van der Waals surface area contributed by atoms with Gasteiger partial charge in [0.2, 0.25) is 0 Å². The molecule has 1 atom stereocenters. The molecule has 1 unspecified atom stereocenters. The van der Waals surface area contributed by atoms with Crippen molar-refractivity contribution >= 4 is 38.5 Å². The second-order valence-electron chi connectivity index (χ2n) is 7.05. The van der Waals surface area contributed by atoms with E-state index in [1.807, 2.05) is 91.0 Å². The smallest absolute Gasteiger partial charge is 0.116 e. The molecule has 4 aromatic rings. The van der Waals surface area contributed by atoms with E-state index in [-0.39, 0.29) is 0 Å². The molecular formula is C26H19BrN2OS2. The van der Waals surface area contributed by atoms with Gasteiger partial charge in [-0.3, -0.25) is 4.21 Å². The van der Waals surface area contributed by atoms with Gasteiger partial charge >= 0.3 is 0 Å². The van der Waals surface area contributed by atoms with Gasteiger partial charge < -0.3 is 0 Å². The van der Waals surface area contributed by atoms with Crippen molar-refractivity contribution in [3.63, 3.8) is 0 Å². The van der Waals surface area contributed by atoms with Gasteiger partial charge in [0.15, 0.2) is 0 Å². The highest BCUT2D eigenvalue weighted by Crippen LogP contribution is 2.34. The van der Waals surface area contributed by atoms with Gasteiger partial charge in [0, 0.05) is 32.2 Å². The average Bonchev–Trinajstić information content (AvgIpc) is 2.84. The Morgan fingerprint density at radius 3 is 2.22 bits per heavy atom. The molecule has 0 spiro atoms. The maximum atomic E-state index is 12.7. The second kappa shape index (κ2) is 10.7. The molecule has 0 aliphatic heterocycles. The van der Waals surface area contributed by atoms with Crippen molar-refractivity contribution in [3.8, 4) is 28.5 Å². The molecule has 0 saturated heterocycles. The Morgan fingerprint density at radius 1 is 0.906 bits per heavy atom. The third kappa shape index (κ3) is 5.55. The summed E-state index contributed by atoms with van der Waals surface area (Å²) in [6.45, 7) is 0. The summed E-state index contributed by atoms with van der Waals surface area (Å²) >= 11 is 4.85. The Balaban J connectivity index is 1.69. The van der Waals surface area contributed by atoms with Crippen molar-refractivity contribution < 1.29 is 4.21 Å². The van der Waals surface area contributed by atoms with Crippen LogP contribution in [0.3, 0.4) is 0 Å². The van der Waals surface area contributed by atoms with Gasteiger partial charge in [-0.1, -0.05) is 100 Å². The third-order valence-electron chi connectivity index (χ3n) is 4.82. The van der Waals surface area contributed by atoms with Gasteiger partial charge in [-0.25, -0.2) is 4.98 Å². The zero-order valence-electron chi connectivity index (χ0n) is 17.1. The molecule has 1 aromatic heterocycles. The van der Waals surface area contributed by atoms with Crippen molar-refractivity contribution in [2.24, 2.45) is 0 Å². The van der Waals surface area contributed by atoms with E-state index in [1.54, 1.807) is 0 Å². The molecule has 158 valence electrons. The fourth-order valence-corrected chi connectivity index (χ4v) is 5.87. The minimum atomic E-state index is -1.08. The Labute approximate surface area is 203 Å². The van der Waals surface area contributed by atoms with Gasteiger partial charge in [-0.05, 0) is 29.3 Å². The molecule has 0 saturated carbocycles. The molecule has 4 rings (SSSR count). The molecule has 1 heterocycles. The Hall–Kier alpha value is -2.72. The van der Waals surface area contributed by atoms with Crippen molar-refractivity contribution in [1.29, 1.82) is 5.26 Å². The zero-order chi connectivity index (χ0) is 22.3. The first-order chi connectivity index (χ1) is 15.6. The number of rotatable bonds is 7. The summed E-state index contributed by atoms with van der Waals surface area (Å²) in [5.41, 5.74) is 5.08. The first-order valence-electron chi connectivity index (χ1n) is 9.92. The normalized spacial score (nSPS) is 11.6. The molecule has 3 aromatic carbocycles. The number of hydrogen-bond acceptors (Lipinski definition) is 4. The molecule has 0 fully saturated rings. The van der Waals surface area contributed by atoms with Crippen molar-refractivity contribution in [3.05, 3.63) is 107 Å². The number of aromatic nitrogens is 1.